The topological polar surface area (TPSA) is 43.8 Å². The number of rotatable bonds is 6. The van der Waals surface area contributed by atoms with Crippen molar-refractivity contribution in [1.29, 1.82) is 0 Å². The summed E-state index contributed by atoms with van der Waals surface area (Å²) in [6, 6.07) is 4.66. The molecule has 0 radical (unpaired) electrons. The number of aliphatic hydroxyl groups excluding tert-OH is 1. The molecule has 0 aliphatic heterocycles. The summed E-state index contributed by atoms with van der Waals surface area (Å²) in [6.07, 6.45) is -0.0868. The zero-order valence-electron chi connectivity index (χ0n) is 12.6. The summed E-state index contributed by atoms with van der Waals surface area (Å²) in [5, 5.41) is 9.78. The van der Waals surface area contributed by atoms with E-state index in [0.717, 1.165) is 6.42 Å². The van der Waals surface area contributed by atoms with E-state index in [1.165, 1.54) is 17.9 Å². The minimum atomic E-state index is -0.917. The molecule has 1 aromatic rings. The van der Waals surface area contributed by atoms with Crippen LogP contribution in [0.1, 0.15) is 31.9 Å². The van der Waals surface area contributed by atoms with E-state index in [2.05, 4.69) is 0 Å². The summed E-state index contributed by atoms with van der Waals surface area (Å²) >= 11 is 0. The molecule has 0 aliphatic rings. The van der Waals surface area contributed by atoms with Gasteiger partial charge in [0.15, 0.2) is 0 Å². The molecule has 1 atom stereocenters. The van der Waals surface area contributed by atoms with Gasteiger partial charge < -0.3 is 14.9 Å². The molecule has 4 nitrogen and oxygen atoms in total. The van der Waals surface area contributed by atoms with Crippen LogP contribution < -0.4 is 4.90 Å². The molecule has 0 aliphatic carbocycles. The summed E-state index contributed by atoms with van der Waals surface area (Å²) in [5.41, 5.74) is 0.824. The van der Waals surface area contributed by atoms with E-state index in [9.17, 15) is 14.3 Å². The van der Waals surface area contributed by atoms with Crippen LogP contribution in [0.4, 0.5) is 10.1 Å². The van der Waals surface area contributed by atoms with Gasteiger partial charge in [-0.2, -0.15) is 0 Å². The number of carbonyl (C=O) groups is 1. The normalized spacial score (nSPS) is 12.1. The third-order valence-corrected chi connectivity index (χ3v) is 3.11. The fourth-order valence-corrected chi connectivity index (χ4v) is 2.07. The number of amides is 1. The van der Waals surface area contributed by atoms with Crippen LogP contribution in [0.2, 0.25) is 0 Å². The van der Waals surface area contributed by atoms with E-state index in [0.29, 0.717) is 12.2 Å². The molecule has 1 amide bonds. The molecule has 20 heavy (non-hydrogen) atoms. The lowest BCUT2D eigenvalue weighted by molar-refractivity contribution is -0.127. The highest BCUT2D eigenvalue weighted by Crippen LogP contribution is 2.29. The van der Waals surface area contributed by atoms with Crippen LogP contribution in [-0.2, 0) is 4.79 Å². The maximum absolute atomic E-state index is 13.9. The molecule has 5 heteroatoms. The summed E-state index contributed by atoms with van der Waals surface area (Å²) in [5.74, 6) is -0.504. The van der Waals surface area contributed by atoms with Crippen molar-refractivity contribution in [1.82, 2.24) is 4.90 Å². The maximum Gasteiger partial charge on any atom is 0.241 e. The number of anilines is 1. The molecular formula is C15H23FN2O2. The Kier molecular flexibility index (Phi) is 5.95. The number of hydrogen-bond acceptors (Lipinski definition) is 3. The van der Waals surface area contributed by atoms with E-state index >= 15 is 0 Å². The van der Waals surface area contributed by atoms with Gasteiger partial charge in [0.2, 0.25) is 5.91 Å². The second-order valence-electron chi connectivity index (χ2n) is 5.06. The average molecular weight is 282 g/mol. The third-order valence-electron chi connectivity index (χ3n) is 3.11. The second-order valence-corrected chi connectivity index (χ2v) is 5.06. The molecule has 112 valence electrons. The lowest BCUT2D eigenvalue weighted by Crippen LogP contribution is -2.37. The molecule has 1 aromatic carbocycles. The highest BCUT2D eigenvalue weighted by Gasteiger charge is 2.20. The minimum Gasteiger partial charge on any atom is -0.389 e. The summed E-state index contributed by atoms with van der Waals surface area (Å²) in [6.45, 7) is 4.32. The Hall–Kier alpha value is -1.62. The van der Waals surface area contributed by atoms with Crippen molar-refractivity contribution < 1.29 is 14.3 Å². The Morgan fingerprint density at radius 2 is 2.05 bits per heavy atom. The summed E-state index contributed by atoms with van der Waals surface area (Å²) in [4.78, 5) is 15.2. The Morgan fingerprint density at radius 3 is 2.55 bits per heavy atom. The van der Waals surface area contributed by atoms with Gasteiger partial charge in [-0.25, -0.2) is 4.39 Å². The van der Waals surface area contributed by atoms with Crippen LogP contribution in [0, 0.1) is 5.82 Å². The van der Waals surface area contributed by atoms with Crippen molar-refractivity contribution >= 4 is 11.6 Å². The zero-order valence-corrected chi connectivity index (χ0v) is 12.6. The summed E-state index contributed by atoms with van der Waals surface area (Å²) < 4.78 is 13.9. The number of hydrogen-bond donors (Lipinski definition) is 1. The quantitative estimate of drug-likeness (QED) is 0.870. The highest BCUT2D eigenvalue weighted by atomic mass is 19.1. The monoisotopic (exact) mass is 282 g/mol. The van der Waals surface area contributed by atoms with Crippen LogP contribution in [0.15, 0.2) is 18.2 Å². The molecule has 0 aromatic heterocycles. The van der Waals surface area contributed by atoms with Gasteiger partial charge in [0.1, 0.15) is 5.82 Å². The molecule has 0 unspecified atom stereocenters. The van der Waals surface area contributed by atoms with E-state index < -0.39 is 11.9 Å². The smallest absolute Gasteiger partial charge is 0.241 e. The highest BCUT2D eigenvalue weighted by molar-refractivity contribution is 5.81. The van der Waals surface area contributed by atoms with Crippen LogP contribution in [0.25, 0.3) is 0 Å². The third kappa shape index (κ3) is 3.93. The molecule has 0 saturated carbocycles. The average Bonchev–Trinajstić information content (AvgIpc) is 2.37. The molecule has 0 heterocycles. The van der Waals surface area contributed by atoms with Crippen LogP contribution in [0.3, 0.4) is 0 Å². The molecule has 0 spiro atoms. The molecule has 1 rings (SSSR count). The van der Waals surface area contributed by atoms with Crippen LogP contribution in [0.5, 0.6) is 0 Å². The molecule has 0 saturated heterocycles. The van der Waals surface area contributed by atoms with Gasteiger partial charge in [-0.15, -0.1) is 0 Å². The number of carbonyl (C=O) groups excluding carboxylic acids is 1. The first-order valence-electron chi connectivity index (χ1n) is 6.80. The van der Waals surface area contributed by atoms with Crippen molar-refractivity contribution in [2.75, 3.05) is 32.1 Å². The first kappa shape index (κ1) is 16.4. The van der Waals surface area contributed by atoms with Crippen molar-refractivity contribution in [2.45, 2.75) is 26.4 Å². The zero-order chi connectivity index (χ0) is 15.3. The van der Waals surface area contributed by atoms with Crippen molar-refractivity contribution in [3.63, 3.8) is 0 Å². The largest absolute Gasteiger partial charge is 0.389 e. The first-order chi connectivity index (χ1) is 9.38. The Bertz CT molecular complexity index is 461. The van der Waals surface area contributed by atoms with Gasteiger partial charge in [-0.1, -0.05) is 13.0 Å². The fourth-order valence-electron chi connectivity index (χ4n) is 2.07. The maximum atomic E-state index is 13.9. The second kappa shape index (κ2) is 7.24. The lowest BCUT2D eigenvalue weighted by atomic mass is 10.1. The van der Waals surface area contributed by atoms with Gasteiger partial charge in [0, 0.05) is 31.9 Å². The number of nitrogens with zero attached hydrogens (tertiary/aromatic N) is 2. The van der Waals surface area contributed by atoms with Gasteiger partial charge >= 0.3 is 0 Å². The van der Waals surface area contributed by atoms with Crippen molar-refractivity contribution in [2.24, 2.45) is 0 Å². The van der Waals surface area contributed by atoms with Crippen molar-refractivity contribution in [3.05, 3.63) is 29.6 Å². The standard InChI is InChI=1S/C15H23FN2O2/c1-5-9-18(10-14(20)17(3)4)13-8-6-7-12(16)15(13)11(2)19/h6-8,11,19H,5,9-10H2,1-4H3/t11-/m0/s1. The minimum absolute atomic E-state index is 0.0562. The number of benzene rings is 1. The number of likely N-dealkylation sites (N-methyl/N-ethyl adjacent to an activating group) is 1. The molecule has 0 bridgehead atoms. The van der Waals surface area contributed by atoms with E-state index in [-0.39, 0.29) is 18.0 Å². The Balaban J connectivity index is 3.14. The molecule has 0 fully saturated rings. The molecular weight excluding hydrogens is 259 g/mol. The van der Waals surface area contributed by atoms with Gasteiger partial charge in [-0.3, -0.25) is 4.79 Å². The summed E-state index contributed by atoms with van der Waals surface area (Å²) in [7, 11) is 3.38. The van der Waals surface area contributed by atoms with E-state index in [1.807, 2.05) is 11.8 Å². The van der Waals surface area contributed by atoms with E-state index in [1.54, 1.807) is 26.2 Å². The predicted octanol–water partition coefficient (Wildman–Crippen LogP) is 2.18. The van der Waals surface area contributed by atoms with Gasteiger partial charge in [0.05, 0.1) is 12.6 Å². The van der Waals surface area contributed by atoms with Gasteiger partial charge in [-0.05, 0) is 25.5 Å². The SMILES string of the molecule is CCCN(CC(=O)N(C)C)c1cccc(F)c1[C@H](C)O. The lowest BCUT2D eigenvalue weighted by Gasteiger charge is -2.28. The Labute approximate surface area is 119 Å². The van der Waals surface area contributed by atoms with Crippen LogP contribution in [-0.4, -0.2) is 43.1 Å². The Morgan fingerprint density at radius 1 is 1.40 bits per heavy atom. The van der Waals surface area contributed by atoms with Gasteiger partial charge in [0.25, 0.3) is 0 Å². The fraction of sp³-hybridized carbons (Fsp3) is 0.533. The predicted molar refractivity (Wildman–Crippen MR) is 78.2 cm³/mol. The first-order valence-corrected chi connectivity index (χ1v) is 6.80. The van der Waals surface area contributed by atoms with E-state index in [4.69, 9.17) is 0 Å². The van der Waals surface area contributed by atoms with Crippen molar-refractivity contribution in [3.8, 4) is 0 Å². The number of aliphatic hydroxyl groups is 1. The number of halogens is 1. The van der Waals surface area contributed by atoms with Crippen LogP contribution >= 0.6 is 0 Å². The molecule has 1 N–H and O–H groups in total.